The van der Waals surface area contributed by atoms with Crippen molar-refractivity contribution in [3.8, 4) is 5.75 Å². The van der Waals surface area contributed by atoms with Crippen molar-refractivity contribution in [3.63, 3.8) is 0 Å². The molecule has 0 aliphatic carbocycles. The Bertz CT molecular complexity index is 503. The molecule has 0 fully saturated rings. The summed E-state index contributed by atoms with van der Waals surface area (Å²) >= 11 is 0. The molecule has 0 aliphatic rings. The van der Waals surface area contributed by atoms with Crippen LogP contribution in [-0.4, -0.2) is 54.7 Å². The molecule has 0 amide bonds. The minimum absolute atomic E-state index is 0.0435. The fourth-order valence-electron chi connectivity index (χ4n) is 1.50. The molecule has 126 valence electrons. The van der Waals surface area contributed by atoms with Gasteiger partial charge in [0.05, 0.1) is 37.9 Å². The highest BCUT2D eigenvalue weighted by Crippen LogP contribution is 2.18. The lowest BCUT2D eigenvalue weighted by molar-refractivity contribution is 0.0114. The monoisotopic (exact) mass is 352 g/mol. The Labute approximate surface area is 135 Å². The van der Waals surface area contributed by atoms with Crippen molar-refractivity contribution in [2.75, 3.05) is 46.2 Å². The van der Waals surface area contributed by atoms with Crippen LogP contribution in [0.1, 0.15) is 6.92 Å². The van der Waals surface area contributed by atoms with Gasteiger partial charge in [0.15, 0.2) is 0 Å². The van der Waals surface area contributed by atoms with Gasteiger partial charge < -0.3 is 18.9 Å². The van der Waals surface area contributed by atoms with E-state index in [1.165, 1.54) is 12.1 Å². The molecule has 0 saturated heterocycles. The maximum Gasteiger partial charge on any atom is 0.261 e. The third-order valence-corrected chi connectivity index (χ3v) is 3.92. The van der Waals surface area contributed by atoms with Crippen molar-refractivity contribution in [3.05, 3.63) is 24.3 Å². The van der Waals surface area contributed by atoms with Gasteiger partial charge in [0, 0.05) is 17.3 Å². The van der Waals surface area contributed by atoms with E-state index in [0.717, 1.165) is 0 Å². The summed E-state index contributed by atoms with van der Waals surface area (Å²) in [6.07, 6.45) is 0. The molecule has 22 heavy (non-hydrogen) atoms. The quantitative estimate of drug-likeness (QED) is 0.423. The van der Waals surface area contributed by atoms with Gasteiger partial charge in [-0.1, -0.05) is 0 Å². The van der Waals surface area contributed by atoms with E-state index >= 15 is 0 Å². The molecule has 0 heterocycles. The zero-order valence-corrected chi connectivity index (χ0v) is 14.1. The zero-order chi connectivity index (χ0) is 16.3. The lowest BCUT2D eigenvalue weighted by atomic mass is 10.3. The van der Waals surface area contributed by atoms with E-state index in [1.54, 1.807) is 12.1 Å². The van der Waals surface area contributed by atoms with Crippen LogP contribution in [0.2, 0.25) is 0 Å². The fraction of sp³-hybridized carbons (Fsp3) is 0.571. The maximum atomic E-state index is 11.1. The third-order valence-electron chi connectivity index (χ3n) is 2.55. The summed E-state index contributed by atoms with van der Waals surface area (Å²) in [4.78, 5) is 0.0435. The van der Waals surface area contributed by atoms with E-state index in [1.807, 2.05) is 6.92 Å². The van der Waals surface area contributed by atoms with Crippen LogP contribution in [-0.2, 0) is 23.3 Å². The molecule has 0 saturated carbocycles. The lowest BCUT2D eigenvalue weighted by Gasteiger charge is -2.08. The molecule has 8 heteroatoms. The van der Waals surface area contributed by atoms with Crippen molar-refractivity contribution < 1.29 is 27.4 Å². The predicted molar refractivity (Wildman–Crippen MR) is 83.1 cm³/mol. The molecule has 0 bridgehead atoms. The molecular formula is C14H21ClO6S. The van der Waals surface area contributed by atoms with Gasteiger partial charge in [0.25, 0.3) is 9.05 Å². The van der Waals surface area contributed by atoms with Crippen molar-refractivity contribution in [2.45, 2.75) is 11.8 Å². The summed E-state index contributed by atoms with van der Waals surface area (Å²) in [6.45, 7) is 5.56. The largest absolute Gasteiger partial charge is 0.491 e. The second-order valence-electron chi connectivity index (χ2n) is 4.18. The Kier molecular flexibility index (Phi) is 9.42. The maximum absolute atomic E-state index is 11.1. The summed E-state index contributed by atoms with van der Waals surface area (Å²) in [5, 5.41) is 0. The summed E-state index contributed by atoms with van der Waals surface area (Å²) < 4.78 is 43.3. The normalized spacial score (nSPS) is 11.5. The highest BCUT2D eigenvalue weighted by molar-refractivity contribution is 8.13. The van der Waals surface area contributed by atoms with Crippen molar-refractivity contribution >= 4 is 19.7 Å². The Hall–Kier alpha value is -0.860. The second kappa shape index (κ2) is 10.8. The summed E-state index contributed by atoms with van der Waals surface area (Å²) in [5.74, 6) is 0.556. The van der Waals surface area contributed by atoms with Gasteiger partial charge in [0.2, 0.25) is 0 Å². The van der Waals surface area contributed by atoms with Gasteiger partial charge in [-0.05, 0) is 31.2 Å². The molecule has 1 aromatic carbocycles. The molecule has 0 radical (unpaired) electrons. The summed E-state index contributed by atoms with van der Waals surface area (Å²) in [6, 6.07) is 5.88. The topological polar surface area (TPSA) is 71.1 Å². The number of ether oxygens (including phenoxy) is 4. The third kappa shape index (κ3) is 8.55. The Balaban J connectivity index is 2.05. The first kappa shape index (κ1) is 19.2. The first-order chi connectivity index (χ1) is 10.5. The van der Waals surface area contributed by atoms with Crippen LogP contribution in [0.25, 0.3) is 0 Å². The molecule has 6 nitrogen and oxygen atoms in total. The van der Waals surface area contributed by atoms with Crippen molar-refractivity contribution in [2.24, 2.45) is 0 Å². The molecule has 0 atom stereocenters. The molecule has 0 N–H and O–H groups in total. The summed E-state index contributed by atoms with van der Waals surface area (Å²) in [5.41, 5.74) is 0. The van der Waals surface area contributed by atoms with Gasteiger partial charge in [0.1, 0.15) is 12.4 Å². The van der Waals surface area contributed by atoms with E-state index in [-0.39, 0.29) is 4.90 Å². The van der Waals surface area contributed by atoms with Crippen molar-refractivity contribution in [1.82, 2.24) is 0 Å². The SMILES string of the molecule is CCOCCOCCOCCOc1ccc(S(=O)(=O)Cl)cc1. The summed E-state index contributed by atoms with van der Waals surface area (Å²) in [7, 11) is 1.52. The highest BCUT2D eigenvalue weighted by Gasteiger charge is 2.08. The van der Waals surface area contributed by atoms with Crippen LogP contribution >= 0.6 is 10.7 Å². The smallest absolute Gasteiger partial charge is 0.261 e. The Morgan fingerprint density at radius 2 is 1.36 bits per heavy atom. The first-order valence-corrected chi connectivity index (χ1v) is 9.25. The molecular weight excluding hydrogens is 332 g/mol. The number of halogens is 1. The molecule has 0 aliphatic heterocycles. The Morgan fingerprint density at radius 3 is 1.86 bits per heavy atom. The molecule has 0 aromatic heterocycles. The number of hydrogen-bond acceptors (Lipinski definition) is 6. The second-order valence-corrected chi connectivity index (χ2v) is 6.75. The predicted octanol–water partition coefficient (Wildman–Crippen LogP) is 2.06. The van der Waals surface area contributed by atoms with Crippen LogP contribution in [0.15, 0.2) is 29.2 Å². The number of rotatable bonds is 12. The molecule has 1 rings (SSSR count). The fourth-order valence-corrected chi connectivity index (χ4v) is 2.27. The lowest BCUT2D eigenvalue weighted by Crippen LogP contribution is -2.12. The average molecular weight is 353 g/mol. The molecule has 0 unspecified atom stereocenters. The van der Waals surface area contributed by atoms with Gasteiger partial charge in [-0.25, -0.2) is 8.42 Å². The highest BCUT2D eigenvalue weighted by atomic mass is 35.7. The van der Waals surface area contributed by atoms with E-state index in [2.05, 4.69) is 0 Å². The minimum Gasteiger partial charge on any atom is -0.491 e. The van der Waals surface area contributed by atoms with Crippen LogP contribution in [0.4, 0.5) is 0 Å². The van der Waals surface area contributed by atoms with Gasteiger partial charge in [-0.3, -0.25) is 0 Å². The minimum atomic E-state index is -3.69. The van der Waals surface area contributed by atoms with Gasteiger partial charge >= 0.3 is 0 Å². The molecule has 0 spiro atoms. The van der Waals surface area contributed by atoms with Gasteiger partial charge in [-0.15, -0.1) is 0 Å². The van der Waals surface area contributed by atoms with E-state index in [9.17, 15) is 8.42 Å². The first-order valence-electron chi connectivity index (χ1n) is 6.95. The van der Waals surface area contributed by atoms with E-state index in [4.69, 9.17) is 29.6 Å². The zero-order valence-electron chi connectivity index (χ0n) is 12.5. The van der Waals surface area contributed by atoms with Gasteiger partial charge in [-0.2, -0.15) is 0 Å². The van der Waals surface area contributed by atoms with Crippen molar-refractivity contribution in [1.29, 1.82) is 0 Å². The average Bonchev–Trinajstić information content (AvgIpc) is 2.49. The van der Waals surface area contributed by atoms with Crippen LogP contribution < -0.4 is 4.74 Å². The molecule has 1 aromatic rings. The van der Waals surface area contributed by atoms with E-state index in [0.29, 0.717) is 52.0 Å². The van der Waals surface area contributed by atoms with Crippen LogP contribution in [0, 0.1) is 0 Å². The van der Waals surface area contributed by atoms with Crippen LogP contribution in [0.3, 0.4) is 0 Å². The number of hydrogen-bond donors (Lipinski definition) is 0. The van der Waals surface area contributed by atoms with Crippen LogP contribution in [0.5, 0.6) is 5.75 Å². The standard InChI is InChI=1S/C14H21ClO6S/c1-2-18-7-8-19-9-10-20-11-12-21-13-3-5-14(6-4-13)22(15,16)17/h3-6H,2,7-12H2,1H3. The Morgan fingerprint density at radius 1 is 0.864 bits per heavy atom. The van der Waals surface area contributed by atoms with E-state index < -0.39 is 9.05 Å². The number of benzene rings is 1.